The van der Waals surface area contributed by atoms with Gasteiger partial charge in [0.1, 0.15) is 5.82 Å². The summed E-state index contributed by atoms with van der Waals surface area (Å²) in [6.45, 7) is 3.62. The second-order valence-electron chi connectivity index (χ2n) is 3.14. The molecule has 84 valence electrons. The van der Waals surface area contributed by atoms with Crippen LogP contribution in [0, 0.1) is 9.39 Å². The van der Waals surface area contributed by atoms with Crippen LogP contribution in [0.4, 0.5) is 4.39 Å². The standard InChI is InChI=1S/C11H13FIN.ClH/c1-2-3-4-11(14)9-7-8(13)5-6-10(9)12;/h2,5-7,11H,1,3-4,14H2;1H/t11-;/m1./s1. The van der Waals surface area contributed by atoms with E-state index >= 15 is 0 Å². The van der Waals surface area contributed by atoms with E-state index in [0.717, 1.165) is 16.4 Å². The molecule has 0 saturated heterocycles. The number of allylic oxidation sites excluding steroid dienone is 1. The number of hydrogen-bond donors (Lipinski definition) is 1. The zero-order valence-electron chi connectivity index (χ0n) is 8.25. The molecule has 2 N–H and O–H groups in total. The molecule has 0 bridgehead atoms. The Morgan fingerprint density at radius 2 is 2.20 bits per heavy atom. The Morgan fingerprint density at radius 1 is 1.53 bits per heavy atom. The molecule has 0 heterocycles. The van der Waals surface area contributed by atoms with Crippen molar-refractivity contribution in [2.45, 2.75) is 18.9 Å². The topological polar surface area (TPSA) is 26.0 Å². The molecule has 0 aromatic heterocycles. The fourth-order valence-electron chi connectivity index (χ4n) is 1.25. The SMILES string of the molecule is C=CCC[C@@H](N)c1cc(I)ccc1F.Cl. The molecule has 1 nitrogen and oxygen atoms in total. The van der Waals surface area contributed by atoms with Crippen LogP contribution < -0.4 is 5.73 Å². The molecule has 0 radical (unpaired) electrons. The predicted octanol–water partition coefficient (Wildman–Crippen LogP) is 3.82. The Morgan fingerprint density at radius 3 is 2.80 bits per heavy atom. The first-order valence-electron chi connectivity index (χ1n) is 4.46. The van der Waals surface area contributed by atoms with Crippen molar-refractivity contribution in [2.24, 2.45) is 5.73 Å². The van der Waals surface area contributed by atoms with Gasteiger partial charge in [-0.15, -0.1) is 19.0 Å². The number of halogens is 3. The summed E-state index contributed by atoms with van der Waals surface area (Å²) in [5.74, 6) is -0.220. The highest BCUT2D eigenvalue weighted by atomic mass is 127. The van der Waals surface area contributed by atoms with Crippen molar-refractivity contribution in [2.75, 3.05) is 0 Å². The maximum Gasteiger partial charge on any atom is 0.128 e. The van der Waals surface area contributed by atoms with E-state index in [2.05, 4.69) is 29.2 Å². The van der Waals surface area contributed by atoms with Crippen LogP contribution in [-0.2, 0) is 0 Å². The van der Waals surface area contributed by atoms with Crippen LogP contribution in [0.2, 0.25) is 0 Å². The molecule has 0 saturated carbocycles. The van der Waals surface area contributed by atoms with Crippen LogP contribution in [0.5, 0.6) is 0 Å². The van der Waals surface area contributed by atoms with Crippen molar-refractivity contribution < 1.29 is 4.39 Å². The minimum atomic E-state index is -0.234. The first kappa shape index (κ1) is 14.9. The van der Waals surface area contributed by atoms with E-state index in [4.69, 9.17) is 5.73 Å². The Hall–Kier alpha value is -0.130. The highest BCUT2D eigenvalue weighted by Crippen LogP contribution is 2.21. The fraction of sp³-hybridized carbons (Fsp3) is 0.273. The van der Waals surface area contributed by atoms with Crippen molar-refractivity contribution in [3.05, 3.63) is 45.8 Å². The maximum atomic E-state index is 13.3. The van der Waals surface area contributed by atoms with E-state index in [0.29, 0.717) is 5.56 Å². The summed E-state index contributed by atoms with van der Waals surface area (Å²) in [5.41, 5.74) is 6.46. The lowest BCUT2D eigenvalue weighted by atomic mass is 10.0. The normalized spacial score (nSPS) is 11.7. The zero-order chi connectivity index (χ0) is 10.6. The maximum absolute atomic E-state index is 13.3. The van der Waals surface area contributed by atoms with Crippen molar-refractivity contribution in [1.29, 1.82) is 0 Å². The highest BCUT2D eigenvalue weighted by Gasteiger charge is 2.10. The number of hydrogen-bond acceptors (Lipinski definition) is 1. The number of nitrogens with two attached hydrogens (primary N) is 1. The van der Waals surface area contributed by atoms with E-state index in [1.807, 2.05) is 0 Å². The summed E-state index contributed by atoms with van der Waals surface area (Å²) >= 11 is 2.15. The average molecular weight is 342 g/mol. The van der Waals surface area contributed by atoms with Crippen LogP contribution in [0.3, 0.4) is 0 Å². The summed E-state index contributed by atoms with van der Waals surface area (Å²) in [4.78, 5) is 0. The lowest BCUT2D eigenvalue weighted by Gasteiger charge is -2.12. The Bertz CT molecular complexity index is 330. The van der Waals surface area contributed by atoms with E-state index in [1.165, 1.54) is 6.07 Å². The summed E-state index contributed by atoms with van der Waals surface area (Å²) in [7, 11) is 0. The monoisotopic (exact) mass is 341 g/mol. The summed E-state index contributed by atoms with van der Waals surface area (Å²) in [6, 6.07) is 4.76. The molecule has 0 aliphatic heterocycles. The molecular weight excluding hydrogens is 327 g/mol. The second kappa shape index (κ2) is 7.19. The fourth-order valence-corrected chi connectivity index (χ4v) is 1.77. The first-order chi connectivity index (χ1) is 6.65. The summed E-state index contributed by atoms with van der Waals surface area (Å²) < 4.78 is 14.3. The van der Waals surface area contributed by atoms with Gasteiger partial charge in [0.25, 0.3) is 0 Å². The van der Waals surface area contributed by atoms with Crippen LogP contribution in [0.1, 0.15) is 24.4 Å². The molecule has 1 aromatic carbocycles. The first-order valence-corrected chi connectivity index (χ1v) is 5.54. The van der Waals surface area contributed by atoms with Gasteiger partial charge in [0.2, 0.25) is 0 Å². The molecule has 1 rings (SSSR count). The Kier molecular flexibility index (Phi) is 7.13. The minimum absolute atomic E-state index is 0. The molecule has 15 heavy (non-hydrogen) atoms. The lowest BCUT2D eigenvalue weighted by molar-refractivity contribution is 0.566. The molecule has 0 spiro atoms. The van der Waals surface area contributed by atoms with Crippen LogP contribution >= 0.6 is 35.0 Å². The predicted molar refractivity (Wildman–Crippen MR) is 72.7 cm³/mol. The second-order valence-corrected chi connectivity index (χ2v) is 4.38. The molecule has 4 heteroatoms. The molecule has 0 fully saturated rings. The Balaban J connectivity index is 0.00000196. The van der Waals surface area contributed by atoms with Crippen LogP contribution in [0.25, 0.3) is 0 Å². The van der Waals surface area contributed by atoms with Gasteiger partial charge in [-0.25, -0.2) is 4.39 Å². The molecule has 1 aromatic rings. The van der Waals surface area contributed by atoms with Gasteiger partial charge in [0.05, 0.1) is 0 Å². The molecule has 0 aliphatic rings. The van der Waals surface area contributed by atoms with Gasteiger partial charge in [0, 0.05) is 15.2 Å². The molecular formula is C11H14ClFIN. The number of rotatable bonds is 4. The van der Waals surface area contributed by atoms with E-state index in [1.54, 1.807) is 18.2 Å². The third kappa shape index (κ3) is 4.49. The van der Waals surface area contributed by atoms with Crippen molar-refractivity contribution in [3.8, 4) is 0 Å². The van der Waals surface area contributed by atoms with Crippen molar-refractivity contribution in [3.63, 3.8) is 0 Å². The van der Waals surface area contributed by atoms with Gasteiger partial charge in [-0.05, 0) is 53.6 Å². The van der Waals surface area contributed by atoms with Gasteiger partial charge < -0.3 is 5.73 Å². The van der Waals surface area contributed by atoms with Gasteiger partial charge in [0.15, 0.2) is 0 Å². The largest absolute Gasteiger partial charge is 0.324 e. The number of benzene rings is 1. The third-order valence-corrected chi connectivity index (χ3v) is 2.71. The van der Waals surface area contributed by atoms with Crippen molar-refractivity contribution >= 4 is 35.0 Å². The van der Waals surface area contributed by atoms with Crippen molar-refractivity contribution in [1.82, 2.24) is 0 Å². The molecule has 0 aliphatic carbocycles. The minimum Gasteiger partial charge on any atom is -0.324 e. The van der Waals surface area contributed by atoms with E-state index < -0.39 is 0 Å². The average Bonchev–Trinajstić information content (AvgIpc) is 2.18. The van der Waals surface area contributed by atoms with Gasteiger partial charge >= 0.3 is 0 Å². The molecule has 0 amide bonds. The summed E-state index contributed by atoms with van der Waals surface area (Å²) in [6.07, 6.45) is 3.35. The smallest absolute Gasteiger partial charge is 0.128 e. The summed E-state index contributed by atoms with van der Waals surface area (Å²) in [5, 5.41) is 0. The van der Waals surface area contributed by atoms with Crippen LogP contribution in [-0.4, -0.2) is 0 Å². The lowest BCUT2D eigenvalue weighted by Crippen LogP contribution is -2.11. The van der Waals surface area contributed by atoms with Gasteiger partial charge in [-0.2, -0.15) is 0 Å². The van der Waals surface area contributed by atoms with Crippen LogP contribution in [0.15, 0.2) is 30.9 Å². The molecule has 1 atom stereocenters. The van der Waals surface area contributed by atoms with E-state index in [9.17, 15) is 4.39 Å². The third-order valence-electron chi connectivity index (χ3n) is 2.04. The zero-order valence-corrected chi connectivity index (χ0v) is 11.2. The van der Waals surface area contributed by atoms with Gasteiger partial charge in [-0.1, -0.05) is 6.08 Å². The van der Waals surface area contributed by atoms with Gasteiger partial charge in [-0.3, -0.25) is 0 Å². The molecule has 0 unspecified atom stereocenters. The highest BCUT2D eigenvalue weighted by molar-refractivity contribution is 14.1. The quantitative estimate of drug-likeness (QED) is 0.654. The van der Waals surface area contributed by atoms with E-state index in [-0.39, 0.29) is 24.3 Å². The Labute approximate surface area is 109 Å².